The molecule has 0 amide bonds. The molecule has 1 fully saturated rings. The summed E-state index contributed by atoms with van der Waals surface area (Å²) in [5.74, 6) is 0.617. The molecule has 9 nitrogen and oxygen atoms in total. The van der Waals surface area contributed by atoms with Crippen molar-refractivity contribution < 1.29 is 5.11 Å². The average molecular weight is 470 g/mol. The van der Waals surface area contributed by atoms with E-state index in [1.54, 1.807) is 28.4 Å². The van der Waals surface area contributed by atoms with E-state index >= 15 is 0 Å². The number of hydrogen-bond donors (Lipinski definition) is 2. The van der Waals surface area contributed by atoms with Gasteiger partial charge in [0.05, 0.1) is 36.5 Å². The van der Waals surface area contributed by atoms with Gasteiger partial charge in [0.1, 0.15) is 0 Å². The topological polar surface area (TPSA) is 107 Å². The summed E-state index contributed by atoms with van der Waals surface area (Å²) in [6.45, 7) is 9.15. The van der Waals surface area contributed by atoms with Crippen molar-refractivity contribution in [3.63, 3.8) is 0 Å². The molecule has 0 radical (unpaired) electrons. The molecule has 2 aromatic heterocycles. The molecule has 35 heavy (non-hydrogen) atoms. The van der Waals surface area contributed by atoms with Crippen LogP contribution in [0.25, 0.3) is 38.1 Å². The maximum Gasteiger partial charge on any atom is 0.263 e. The predicted octanol–water partition coefficient (Wildman–Crippen LogP) is 2.93. The van der Waals surface area contributed by atoms with E-state index in [-0.39, 0.29) is 18.2 Å². The maximum atomic E-state index is 13.8. The quantitative estimate of drug-likeness (QED) is 0.435. The molecule has 5 rings (SSSR count). The van der Waals surface area contributed by atoms with Gasteiger partial charge in [0.2, 0.25) is 5.95 Å². The van der Waals surface area contributed by atoms with Crippen molar-refractivity contribution in [1.82, 2.24) is 19.3 Å². The molecule has 0 spiro atoms. The number of nitrogens with zero attached hydrogens (tertiary/aromatic N) is 6. The smallest absolute Gasteiger partial charge is 0.263 e. The zero-order valence-corrected chi connectivity index (χ0v) is 19.6. The highest BCUT2D eigenvalue weighted by molar-refractivity contribution is 5.88. The third kappa shape index (κ3) is 4.30. The first-order chi connectivity index (χ1) is 17.0. The molecule has 1 aliphatic rings. The SMILES string of the molecule is [C-]#[N+]c1ccc(-c2nc(N3CCC(N)CC3)n(C)c(=O)c2-c2ccc3nn(CCO)cc3c2)cc1. The molecular formula is C26H27N7O2. The summed E-state index contributed by atoms with van der Waals surface area (Å²) in [6.07, 6.45) is 3.56. The Hall–Kier alpha value is -4.00. The van der Waals surface area contributed by atoms with Crippen molar-refractivity contribution in [3.05, 3.63) is 70.4 Å². The van der Waals surface area contributed by atoms with E-state index in [9.17, 15) is 9.90 Å². The molecule has 2 aromatic carbocycles. The Balaban J connectivity index is 1.70. The third-order valence-corrected chi connectivity index (χ3v) is 6.53. The number of aromatic nitrogens is 4. The monoisotopic (exact) mass is 469 g/mol. The van der Waals surface area contributed by atoms with Gasteiger partial charge in [-0.2, -0.15) is 5.10 Å². The summed E-state index contributed by atoms with van der Waals surface area (Å²) in [5, 5.41) is 14.6. The standard InChI is InChI=1S/C26H27N7O2/c1-28-21-6-3-17(4-7-21)24-23(18-5-8-22-19(15-18)16-33(30-22)13-14-34)25(35)31(2)26(29-24)32-11-9-20(27)10-12-32/h3-8,15-16,20,34H,9-14,27H2,2H3. The van der Waals surface area contributed by atoms with Gasteiger partial charge in [-0.15, -0.1) is 0 Å². The zero-order chi connectivity index (χ0) is 24.5. The molecule has 0 aliphatic carbocycles. The van der Waals surface area contributed by atoms with Gasteiger partial charge < -0.3 is 15.7 Å². The first kappa shape index (κ1) is 22.8. The van der Waals surface area contributed by atoms with E-state index < -0.39 is 0 Å². The number of fused-ring (bicyclic) bond motifs is 1. The minimum absolute atomic E-state index is 0.00107. The lowest BCUT2D eigenvalue weighted by Crippen LogP contribution is -2.42. The normalized spacial score (nSPS) is 14.4. The van der Waals surface area contributed by atoms with Crippen molar-refractivity contribution in [1.29, 1.82) is 0 Å². The lowest BCUT2D eigenvalue weighted by Gasteiger charge is -2.32. The number of hydrogen-bond acceptors (Lipinski definition) is 6. The second-order valence-electron chi connectivity index (χ2n) is 8.87. The van der Waals surface area contributed by atoms with Crippen molar-refractivity contribution in [3.8, 4) is 22.4 Å². The van der Waals surface area contributed by atoms with Gasteiger partial charge in [-0.3, -0.25) is 14.0 Å². The highest BCUT2D eigenvalue weighted by Crippen LogP contribution is 2.32. The second-order valence-corrected chi connectivity index (χ2v) is 8.87. The molecule has 0 unspecified atom stereocenters. The molecule has 1 aliphatic heterocycles. The van der Waals surface area contributed by atoms with Gasteiger partial charge >= 0.3 is 0 Å². The Morgan fingerprint density at radius 1 is 1.14 bits per heavy atom. The fourth-order valence-electron chi connectivity index (χ4n) is 4.59. The molecule has 178 valence electrons. The highest BCUT2D eigenvalue weighted by atomic mass is 16.3. The Kier molecular flexibility index (Phi) is 6.07. The highest BCUT2D eigenvalue weighted by Gasteiger charge is 2.24. The largest absolute Gasteiger partial charge is 0.394 e. The van der Waals surface area contributed by atoms with Gasteiger partial charge in [0, 0.05) is 37.8 Å². The van der Waals surface area contributed by atoms with Crippen molar-refractivity contribution >= 4 is 22.5 Å². The van der Waals surface area contributed by atoms with Crippen LogP contribution in [0.3, 0.4) is 0 Å². The van der Waals surface area contributed by atoms with Crippen LogP contribution in [-0.2, 0) is 13.6 Å². The van der Waals surface area contributed by atoms with Gasteiger partial charge in [0.15, 0.2) is 5.69 Å². The first-order valence-corrected chi connectivity index (χ1v) is 11.7. The number of anilines is 1. The van der Waals surface area contributed by atoms with Crippen LogP contribution >= 0.6 is 0 Å². The zero-order valence-electron chi connectivity index (χ0n) is 19.6. The van der Waals surface area contributed by atoms with Gasteiger partial charge in [-0.1, -0.05) is 30.3 Å². The molecule has 9 heteroatoms. The molecule has 3 N–H and O–H groups in total. The van der Waals surface area contributed by atoms with Crippen LogP contribution < -0.4 is 16.2 Å². The fourth-order valence-corrected chi connectivity index (χ4v) is 4.59. The van der Waals surface area contributed by atoms with Gasteiger partial charge in [-0.25, -0.2) is 9.83 Å². The Bertz CT molecular complexity index is 1470. The van der Waals surface area contributed by atoms with Crippen LogP contribution in [0.1, 0.15) is 12.8 Å². The van der Waals surface area contributed by atoms with E-state index in [1.165, 1.54) is 0 Å². The lowest BCUT2D eigenvalue weighted by molar-refractivity contribution is 0.270. The van der Waals surface area contributed by atoms with Crippen molar-refractivity contribution in [2.45, 2.75) is 25.4 Å². The lowest BCUT2D eigenvalue weighted by atomic mass is 9.99. The van der Waals surface area contributed by atoms with Crippen LogP contribution in [0.15, 0.2) is 53.5 Å². The Morgan fingerprint density at radius 3 is 2.54 bits per heavy atom. The minimum atomic E-state index is -0.142. The molecule has 3 heterocycles. The molecule has 0 bridgehead atoms. The Morgan fingerprint density at radius 2 is 1.86 bits per heavy atom. The van der Waals surface area contributed by atoms with E-state index in [0.717, 1.165) is 48.0 Å². The van der Waals surface area contributed by atoms with Crippen LogP contribution in [0.2, 0.25) is 0 Å². The van der Waals surface area contributed by atoms with Crippen molar-refractivity contribution in [2.75, 3.05) is 24.6 Å². The average Bonchev–Trinajstić information content (AvgIpc) is 3.28. The van der Waals surface area contributed by atoms with Gasteiger partial charge in [-0.05, 0) is 36.1 Å². The van der Waals surface area contributed by atoms with Crippen molar-refractivity contribution in [2.24, 2.45) is 12.8 Å². The predicted molar refractivity (Wildman–Crippen MR) is 136 cm³/mol. The summed E-state index contributed by atoms with van der Waals surface area (Å²) in [4.78, 5) is 24.4. The molecule has 0 saturated carbocycles. The Labute approximate surface area is 202 Å². The summed E-state index contributed by atoms with van der Waals surface area (Å²) in [5.41, 5.74) is 9.87. The van der Waals surface area contributed by atoms with Crippen LogP contribution in [0, 0.1) is 6.57 Å². The van der Waals surface area contributed by atoms with Crippen LogP contribution in [-0.4, -0.2) is 50.2 Å². The number of benzene rings is 2. The third-order valence-electron chi connectivity index (χ3n) is 6.53. The first-order valence-electron chi connectivity index (χ1n) is 11.7. The number of piperidine rings is 1. The van der Waals surface area contributed by atoms with Crippen LogP contribution in [0.4, 0.5) is 11.6 Å². The summed E-state index contributed by atoms with van der Waals surface area (Å²) in [7, 11) is 1.76. The maximum absolute atomic E-state index is 13.8. The number of nitrogens with two attached hydrogens (primary N) is 1. The van der Waals surface area contributed by atoms with E-state index in [2.05, 4.69) is 14.8 Å². The number of aliphatic hydroxyl groups is 1. The second kappa shape index (κ2) is 9.33. The minimum Gasteiger partial charge on any atom is -0.394 e. The molecular weight excluding hydrogens is 442 g/mol. The van der Waals surface area contributed by atoms with E-state index in [1.807, 2.05) is 36.5 Å². The fraction of sp³-hybridized carbons (Fsp3) is 0.308. The van der Waals surface area contributed by atoms with Crippen LogP contribution in [0.5, 0.6) is 0 Å². The molecule has 1 saturated heterocycles. The van der Waals surface area contributed by atoms with E-state index in [4.69, 9.17) is 17.3 Å². The molecule has 0 atom stereocenters. The summed E-state index contributed by atoms with van der Waals surface area (Å²) in [6, 6.07) is 13.0. The summed E-state index contributed by atoms with van der Waals surface area (Å²) >= 11 is 0. The van der Waals surface area contributed by atoms with E-state index in [0.29, 0.717) is 29.4 Å². The van der Waals surface area contributed by atoms with Gasteiger partial charge in [0.25, 0.3) is 5.56 Å². The number of rotatable bonds is 5. The molecule has 4 aromatic rings. The summed E-state index contributed by atoms with van der Waals surface area (Å²) < 4.78 is 3.31. The number of aliphatic hydroxyl groups excluding tert-OH is 1.